The summed E-state index contributed by atoms with van der Waals surface area (Å²) in [5.41, 5.74) is 2.25. The molecular weight excluding hydrogens is 298 g/mol. The highest BCUT2D eigenvalue weighted by Crippen LogP contribution is 2.23. The van der Waals surface area contributed by atoms with E-state index in [1.165, 1.54) is 0 Å². The third-order valence-electron chi connectivity index (χ3n) is 2.69. The molecule has 0 spiro atoms. The fraction of sp³-hybridized carbons (Fsp3) is 0. The first-order valence-corrected chi connectivity index (χ1v) is 6.84. The molecule has 2 N–H and O–H groups in total. The highest BCUT2D eigenvalue weighted by Gasteiger charge is 2.15. The summed E-state index contributed by atoms with van der Waals surface area (Å²) in [4.78, 5) is 13.6. The van der Waals surface area contributed by atoms with Crippen molar-refractivity contribution in [3.8, 4) is 5.88 Å². The largest absolute Gasteiger partial charge is 0.493 e. The molecule has 1 aromatic carbocycles. The summed E-state index contributed by atoms with van der Waals surface area (Å²) in [6.45, 7) is 0. The molecule has 20 heavy (non-hydrogen) atoms. The van der Waals surface area contributed by atoms with Crippen LogP contribution in [-0.4, -0.2) is 22.0 Å². The van der Waals surface area contributed by atoms with Crippen molar-refractivity contribution in [2.24, 2.45) is 10.2 Å². The Hall–Kier alpha value is -2.18. The van der Waals surface area contributed by atoms with Crippen molar-refractivity contribution in [3.05, 3.63) is 55.0 Å². The van der Waals surface area contributed by atoms with Crippen molar-refractivity contribution >= 4 is 40.9 Å². The van der Waals surface area contributed by atoms with E-state index in [4.69, 9.17) is 11.6 Å². The Morgan fingerprint density at radius 1 is 1.30 bits per heavy atom. The van der Waals surface area contributed by atoms with E-state index in [1.54, 1.807) is 24.4 Å². The number of H-pyrrole nitrogens is 1. The molecule has 0 saturated carbocycles. The number of allylic oxidation sites excluding steroid dienone is 1. The van der Waals surface area contributed by atoms with Crippen LogP contribution in [0.1, 0.15) is 10.4 Å². The molecule has 0 unspecified atom stereocenters. The maximum Gasteiger partial charge on any atom is 0.307 e. The van der Waals surface area contributed by atoms with Crippen LogP contribution in [-0.2, 0) is 0 Å². The first-order chi connectivity index (χ1) is 9.63. The van der Waals surface area contributed by atoms with Gasteiger partial charge in [-0.15, -0.1) is 5.10 Å². The minimum Gasteiger partial charge on any atom is -0.493 e. The van der Waals surface area contributed by atoms with Crippen molar-refractivity contribution in [1.29, 1.82) is 0 Å². The van der Waals surface area contributed by atoms with E-state index in [0.717, 1.165) is 22.5 Å². The van der Waals surface area contributed by atoms with E-state index in [1.807, 2.05) is 12.1 Å². The van der Waals surface area contributed by atoms with Gasteiger partial charge < -0.3 is 5.11 Å². The van der Waals surface area contributed by atoms with Crippen LogP contribution in [0.25, 0.3) is 6.08 Å². The molecule has 1 aromatic heterocycles. The van der Waals surface area contributed by atoms with E-state index < -0.39 is 0 Å². The summed E-state index contributed by atoms with van der Waals surface area (Å²) in [6, 6.07) is 7.20. The fourth-order valence-electron chi connectivity index (χ4n) is 1.78. The number of rotatable bonds is 2. The van der Waals surface area contributed by atoms with Crippen LogP contribution >= 0.6 is 22.9 Å². The van der Waals surface area contributed by atoms with Crippen molar-refractivity contribution < 1.29 is 5.11 Å². The summed E-state index contributed by atoms with van der Waals surface area (Å²) < 4.78 is 0. The van der Waals surface area contributed by atoms with Gasteiger partial charge in [0.25, 0.3) is 0 Å². The average molecular weight is 306 g/mol. The summed E-state index contributed by atoms with van der Waals surface area (Å²) in [5.74, 6) is -0.150. The van der Waals surface area contributed by atoms with Gasteiger partial charge in [-0.2, -0.15) is 5.10 Å². The Labute approximate surface area is 122 Å². The van der Waals surface area contributed by atoms with Gasteiger partial charge in [0.05, 0.1) is 11.1 Å². The van der Waals surface area contributed by atoms with Gasteiger partial charge in [-0.3, -0.25) is 9.78 Å². The summed E-state index contributed by atoms with van der Waals surface area (Å²) in [5, 5.41) is 18.2. The third-order valence-corrected chi connectivity index (χ3v) is 3.76. The van der Waals surface area contributed by atoms with E-state index in [0.29, 0.717) is 15.6 Å². The summed E-state index contributed by atoms with van der Waals surface area (Å²) in [6.07, 6.45) is 3.25. The van der Waals surface area contributed by atoms with Gasteiger partial charge in [-0.25, -0.2) is 0 Å². The standard InChI is InChI=1S/C13H8ClN3O2S/c14-9-3-1-7(2-4-9)11-8(6-15-17-11)5-10-12(18)16-13(19)20-10/h1-6,18H,(H,16,19)/b8-5+. The van der Waals surface area contributed by atoms with Crippen LogP contribution in [0.2, 0.25) is 5.02 Å². The zero-order valence-corrected chi connectivity index (χ0v) is 11.6. The third kappa shape index (κ3) is 2.43. The zero-order chi connectivity index (χ0) is 14.1. The van der Waals surface area contributed by atoms with Crippen LogP contribution in [0.15, 0.2) is 44.8 Å². The monoisotopic (exact) mass is 305 g/mol. The number of aromatic hydroxyl groups is 1. The topological polar surface area (TPSA) is 77.8 Å². The first kappa shape index (κ1) is 12.8. The van der Waals surface area contributed by atoms with Gasteiger partial charge >= 0.3 is 4.87 Å². The molecule has 0 fully saturated rings. The minimum atomic E-state index is -0.311. The molecular formula is C13H8ClN3O2S. The van der Waals surface area contributed by atoms with Gasteiger partial charge in [0.15, 0.2) is 0 Å². The molecule has 1 aliphatic rings. The molecule has 3 rings (SSSR count). The first-order valence-electron chi connectivity index (χ1n) is 5.64. The number of aromatic nitrogens is 1. The fourth-order valence-corrected chi connectivity index (χ4v) is 2.58. The predicted octanol–water partition coefficient (Wildman–Crippen LogP) is 2.67. The highest BCUT2D eigenvalue weighted by molar-refractivity contribution is 7.10. The van der Waals surface area contributed by atoms with Gasteiger partial charge in [-0.1, -0.05) is 35.1 Å². The van der Waals surface area contributed by atoms with Crippen LogP contribution < -0.4 is 4.87 Å². The number of benzene rings is 1. The molecule has 100 valence electrons. The molecule has 1 aliphatic heterocycles. The zero-order valence-electron chi connectivity index (χ0n) is 10.0. The second kappa shape index (κ2) is 5.07. The molecule has 0 aliphatic carbocycles. The Balaban J connectivity index is 2.00. The van der Waals surface area contributed by atoms with Crippen LogP contribution in [0.3, 0.4) is 0 Å². The molecule has 0 bridgehead atoms. The van der Waals surface area contributed by atoms with Crippen molar-refractivity contribution in [2.75, 3.05) is 0 Å². The number of aromatic amines is 1. The number of thiazole rings is 1. The number of hydrogen-bond acceptors (Lipinski definition) is 5. The molecule has 2 heterocycles. The maximum atomic E-state index is 11.2. The molecule has 0 saturated heterocycles. The van der Waals surface area contributed by atoms with Crippen LogP contribution in [0.4, 0.5) is 0 Å². The van der Waals surface area contributed by atoms with Crippen molar-refractivity contribution in [1.82, 2.24) is 4.98 Å². The molecule has 0 amide bonds. The molecule has 0 atom stereocenters. The van der Waals surface area contributed by atoms with Crippen molar-refractivity contribution in [3.63, 3.8) is 0 Å². The van der Waals surface area contributed by atoms with Gasteiger partial charge in [0, 0.05) is 16.2 Å². The second-order valence-corrected chi connectivity index (χ2v) is 5.48. The van der Waals surface area contributed by atoms with Gasteiger partial charge in [0.1, 0.15) is 5.71 Å². The Kier molecular flexibility index (Phi) is 3.25. The molecule has 7 heteroatoms. The predicted molar refractivity (Wildman–Crippen MR) is 81.1 cm³/mol. The van der Waals surface area contributed by atoms with Crippen molar-refractivity contribution in [2.45, 2.75) is 0 Å². The number of nitrogens with one attached hydrogen (secondary N) is 1. The summed E-state index contributed by atoms with van der Waals surface area (Å²) >= 11 is 6.78. The lowest BCUT2D eigenvalue weighted by Gasteiger charge is -2.02. The maximum absolute atomic E-state index is 11.2. The second-order valence-electron chi connectivity index (χ2n) is 4.03. The highest BCUT2D eigenvalue weighted by atomic mass is 35.5. The lowest BCUT2D eigenvalue weighted by atomic mass is 10.0. The lowest BCUT2D eigenvalue weighted by molar-refractivity contribution is 0.455. The quantitative estimate of drug-likeness (QED) is 0.894. The number of hydrogen-bond donors (Lipinski definition) is 2. The number of halogens is 1. The summed E-state index contributed by atoms with van der Waals surface area (Å²) in [7, 11) is 0. The van der Waals surface area contributed by atoms with E-state index in [9.17, 15) is 9.90 Å². The Morgan fingerprint density at radius 3 is 2.70 bits per heavy atom. The molecule has 0 radical (unpaired) electrons. The smallest absolute Gasteiger partial charge is 0.307 e. The van der Waals surface area contributed by atoms with E-state index >= 15 is 0 Å². The Morgan fingerprint density at radius 2 is 2.05 bits per heavy atom. The van der Waals surface area contributed by atoms with E-state index in [-0.39, 0.29) is 10.8 Å². The van der Waals surface area contributed by atoms with Gasteiger partial charge in [0.2, 0.25) is 5.88 Å². The lowest BCUT2D eigenvalue weighted by Crippen LogP contribution is -2.01. The average Bonchev–Trinajstić information content (AvgIpc) is 2.98. The normalized spacial score (nSPS) is 15.8. The van der Waals surface area contributed by atoms with Crippen LogP contribution in [0, 0.1) is 0 Å². The SMILES string of the molecule is O=c1[nH]c(O)c(/C=C2\C=NN=C2c2ccc(Cl)cc2)s1. The van der Waals surface area contributed by atoms with Gasteiger partial charge in [-0.05, 0) is 18.2 Å². The Bertz CT molecular complexity index is 800. The van der Waals surface area contributed by atoms with Crippen LogP contribution in [0.5, 0.6) is 5.88 Å². The molecule has 5 nitrogen and oxygen atoms in total. The molecule has 2 aromatic rings. The van der Waals surface area contributed by atoms with E-state index in [2.05, 4.69) is 15.2 Å². The minimum absolute atomic E-state index is 0.150. The number of nitrogens with zero attached hydrogens (tertiary/aromatic N) is 2.